The van der Waals surface area contributed by atoms with Gasteiger partial charge in [0.1, 0.15) is 0 Å². The van der Waals surface area contributed by atoms with E-state index in [-0.39, 0.29) is 0 Å². The van der Waals surface area contributed by atoms with Crippen LogP contribution < -0.4 is 5.73 Å². The average Bonchev–Trinajstić information content (AvgIpc) is 2.81. The van der Waals surface area contributed by atoms with Gasteiger partial charge in [0, 0.05) is 5.92 Å². The highest BCUT2D eigenvalue weighted by atomic mass is 14.9. The lowest BCUT2D eigenvalue weighted by molar-refractivity contribution is 0.459. The quantitative estimate of drug-likeness (QED) is 0.525. The molecule has 2 fully saturated rings. The second-order valence-electron chi connectivity index (χ2n) is 4.61. The summed E-state index contributed by atoms with van der Waals surface area (Å²) in [5.74, 6) is 2.39. The molecule has 0 heterocycles. The predicted molar refractivity (Wildman–Crippen MR) is 55.8 cm³/mol. The Labute approximate surface area is 80.6 Å². The lowest BCUT2D eigenvalue weighted by atomic mass is 10.0. The first kappa shape index (κ1) is 9.04. The first-order chi connectivity index (χ1) is 6.27. The fraction of sp³-hybridized carbons (Fsp3) is 0.909. The molecule has 0 spiro atoms. The number of amidine groups is 1. The van der Waals surface area contributed by atoms with Gasteiger partial charge in [0.25, 0.3) is 0 Å². The van der Waals surface area contributed by atoms with Gasteiger partial charge in [-0.2, -0.15) is 0 Å². The largest absolute Gasteiger partial charge is 0.387 e. The molecule has 0 saturated heterocycles. The summed E-state index contributed by atoms with van der Waals surface area (Å²) in [7, 11) is 0. The Morgan fingerprint density at radius 1 is 1.23 bits per heavy atom. The van der Waals surface area contributed by atoms with E-state index in [0.717, 1.165) is 11.8 Å². The molecule has 2 heteroatoms. The minimum atomic E-state index is 0.475. The Morgan fingerprint density at radius 3 is 2.38 bits per heavy atom. The van der Waals surface area contributed by atoms with Crippen LogP contribution in [0.5, 0.6) is 0 Å². The molecular weight excluding hydrogens is 160 g/mol. The van der Waals surface area contributed by atoms with Crippen LogP contribution >= 0.6 is 0 Å². The first-order valence-corrected chi connectivity index (χ1v) is 5.60. The molecular formula is C11H20N2. The summed E-state index contributed by atoms with van der Waals surface area (Å²) in [6.07, 6.45) is 8.06. The van der Waals surface area contributed by atoms with Crippen LogP contribution in [0.1, 0.15) is 45.4 Å². The van der Waals surface area contributed by atoms with Gasteiger partial charge in [-0.1, -0.05) is 12.8 Å². The van der Waals surface area contributed by atoms with E-state index in [2.05, 4.69) is 11.9 Å². The molecule has 74 valence electrons. The number of rotatable bonds is 3. The molecule has 0 aromatic carbocycles. The fourth-order valence-electron chi connectivity index (χ4n) is 2.26. The Bertz CT molecular complexity index is 200. The molecule has 0 aliphatic heterocycles. The van der Waals surface area contributed by atoms with Crippen molar-refractivity contribution in [3.05, 3.63) is 0 Å². The van der Waals surface area contributed by atoms with Crippen LogP contribution in [0.4, 0.5) is 0 Å². The average molecular weight is 180 g/mol. The third-order valence-electron chi connectivity index (χ3n) is 3.43. The standard InChI is InChI=1S/C11H20N2/c1-8(9-4-2-3-5-9)13-11(12)10-6-7-10/h8-10H,2-7H2,1H3,(H2,12,13). The topological polar surface area (TPSA) is 38.4 Å². The number of hydrogen-bond acceptors (Lipinski definition) is 1. The van der Waals surface area contributed by atoms with E-state index in [9.17, 15) is 0 Å². The van der Waals surface area contributed by atoms with Crippen LogP contribution in [0.3, 0.4) is 0 Å². The van der Waals surface area contributed by atoms with E-state index in [1.807, 2.05) is 0 Å². The molecule has 0 radical (unpaired) electrons. The summed E-state index contributed by atoms with van der Waals surface area (Å²) in [5, 5.41) is 0. The first-order valence-electron chi connectivity index (χ1n) is 5.60. The van der Waals surface area contributed by atoms with Gasteiger partial charge >= 0.3 is 0 Å². The van der Waals surface area contributed by atoms with Crippen molar-refractivity contribution in [3.8, 4) is 0 Å². The molecule has 2 N–H and O–H groups in total. The van der Waals surface area contributed by atoms with Crippen LogP contribution in [-0.4, -0.2) is 11.9 Å². The highest BCUT2D eigenvalue weighted by Gasteiger charge is 2.27. The van der Waals surface area contributed by atoms with Gasteiger partial charge in [0.15, 0.2) is 0 Å². The van der Waals surface area contributed by atoms with E-state index in [4.69, 9.17) is 5.73 Å². The Hall–Kier alpha value is -0.530. The van der Waals surface area contributed by atoms with E-state index in [0.29, 0.717) is 12.0 Å². The summed E-state index contributed by atoms with van der Waals surface area (Å²) in [6, 6.07) is 0.475. The third-order valence-corrected chi connectivity index (χ3v) is 3.43. The Morgan fingerprint density at radius 2 is 1.85 bits per heavy atom. The zero-order chi connectivity index (χ0) is 9.26. The van der Waals surface area contributed by atoms with E-state index >= 15 is 0 Å². The summed E-state index contributed by atoms with van der Waals surface area (Å²) < 4.78 is 0. The summed E-state index contributed by atoms with van der Waals surface area (Å²) in [4.78, 5) is 4.62. The van der Waals surface area contributed by atoms with Gasteiger partial charge in [-0.25, -0.2) is 0 Å². The van der Waals surface area contributed by atoms with Crippen LogP contribution in [-0.2, 0) is 0 Å². The highest BCUT2D eigenvalue weighted by Crippen LogP contribution is 2.32. The second-order valence-corrected chi connectivity index (χ2v) is 4.61. The van der Waals surface area contributed by atoms with E-state index < -0.39 is 0 Å². The molecule has 0 amide bonds. The van der Waals surface area contributed by atoms with Crippen LogP contribution in [0.25, 0.3) is 0 Å². The van der Waals surface area contributed by atoms with Crippen molar-refractivity contribution in [3.63, 3.8) is 0 Å². The van der Waals surface area contributed by atoms with Gasteiger partial charge in [0.2, 0.25) is 0 Å². The van der Waals surface area contributed by atoms with Crippen molar-refractivity contribution >= 4 is 5.84 Å². The van der Waals surface area contributed by atoms with Crippen molar-refractivity contribution in [2.24, 2.45) is 22.6 Å². The van der Waals surface area contributed by atoms with Gasteiger partial charge in [-0.05, 0) is 38.5 Å². The molecule has 2 nitrogen and oxygen atoms in total. The molecule has 2 saturated carbocycles. The Balaban J connectivity index is 1.87. The second kappa shape index (κ2) is 3.69. The van der Waals surface area contributed by atoms with Crippen LogP contribution in [0.15, 0.2) is 4.99 Å². The molecule has 0 aromatic rings. The van der Waals surface area contributed by atoms with Crippen LogP contribution in [0, 0.1) is 11.8 Å². The highest BCUT2D eigenvalue weighted by molar-refractivity contribution is 5.85. The predicted octanol–water partition coefficient (Wildman–Crippen LogP) is 2.33. The number of hydrogen-bond donors (Lipinski definition) is 1. The SMILES string of the molecule is CC(N=C(N)C1CC1)C1CCCC1. The van der Waals surface area contributed by atoms with Crippen LogP contribution in [0.2, 0.25) is 0 Å². The van der Waals surface area contributed by atoms with Crippen molar-refractivity contribution < 1.29 is 0 Å². The minimum Gasteiger partial charge on any atom is -0.387 e. The lowest BCUT2D eigenvalue weighted by Crippen LogP contribution is -2.20. The lowest BCUT2D eigenvalue weighted by Gasteiger charge is -2.14. The summed E-state index contributed by atoms with van der Waals surface area (Å²) in [6.45, 7) is 2.23. The number of nitrogens with zero attached hydrogens (tertiary/aromatic N) is 1. The van der Waals surface area contributed by atoms with Gasteiger partial charge in [0.05, 0.1) is 11.9 Å². The fourth-order valence-corrected chi connectivity index (χ4v) is 2.26. The zero-order valence-corrected chi connectivity index (χ0v) is 8.50. The zero-order valence-electron chi connectivity index (χ0n) is 8.50. The number of nitrogens with two attached hydrogens (primary N) is 1. The monoisotopic (exact) mass is 180 g/mol. The van der Waals surface area contributed by atoms with Crippen molar-refractivity contribution in [2.45, 2.75) is 51.5 Å². The molecule has 13 heavy (non-hydrogen) atoms. The van der Waals surface area contributed by atoms with Gasteiger partial charge in [-0.3, -0.25) is 4.99 Å². The van der Waals surface area contributed by atoms with E-state index in [1.165, 1.54) is 38.5 Å². The third kappa shape index (κ3) is 2.23. The molecule has 2 rings (SSSR count). The van der Waals surface area contributed by atoms with Crippen molar-refractivity contribution in [2.75, 3.05) is 0 Å². The summed E-state index contributed by atoms with van der Waals surface area (Å²) in [5.41, 5.74) is 5.90. The molecule has 1 atom stereocenters. The molecule has 0 bridgehead atoms. The van der Waals surface area contributed by atoms with Gasteiger partial charge in [-0.15, -0.1) is 0 Å². The maximum Gasteiger partial charge on any atom is 0.0971 e. The van der Waals surface area contributed by atoms with Crippen molar-refractivity contribution in [1.29, 1.82) is 0 Å². The minimum absolute atomic E-state index is 0.475. The molecule has 0 aromatic heterocycles. The Kier molecular flexibility index (Phi) is 2.56. The maximum atomic E-state index is 5.90. The maximum absolute atomic E-state index is 5.90. The van der Waals surface area contributed by atoms with E-state index in [1.54, 1.807) is 0 Å². The van der Waals surface area contributed by atoms with Crippen molar-refractivity contribution in [1.82, 2.24) is 0 Å². The molecule has 2 aliphatic rings. The molecule has 2 aliphatic carbocycles. The molecule has 1 unspecified atom stereocenters. The normalized spacial score (nSPS) is 27.9. The smallest absolute Gasteiger partial charge is 0.0971 e. The number of aliphatic imine (C=N–C) groups is 1. The summed E-state index contributed by atoms with van der Waals surface area (Å²) >= 11 is 0. The van der Waals surface area contributed by atoms with Gasteiger partial charge < -0.3 is 5.73 Å².